The third kappa shape index (κ3) is 16.9. The number of ether oxygens (including phenoxy) is 1. The zero-order valence-electron chi connectivity index (χ0n) is 7.64. The van der Waals surface area contributed by atoms with Crippen LogP contribution in [0.1, 0.15) is 0 Å². The van der Waals surface area contributed by atoms with Crippen molar-refractivity contribution in [2.75, 3.05) is 0 Å². The molecule has 0 saturated heterocycles. The molecule has 0 spiro atoms. The van der Waals surface area contributed by atoms with Gasteiger partial charge in [-0.2, -0.15) is 35.1 Å². The summed E-state index contributed by atoms with van der Waals surface area (Å²) in [5.41, 5.74) is 0. The van der Waals surface area contributed by atoms with E-state index in [0.29, 0.717) is 0 Å². The van der Waals surface area contributed by atoms with Gasteiger partial charge in [0.25, 0.3) is 6.08 Å². The van der Waals surface area contributed by atoms with E-state index in [9.17, 15) is 48.3 Å². The van der Waals surface area contributed by atoms with Crippen LogP contribution < -0.4 is 0 Å². The van der Waals surface area contributed by atoms with Crippen molar-refractivity contribution in [3.8, 4) is 0 Å². The van der Waals surface area contributed by atoms with E-state index >= 15 is 0 Å². The third-order valence-corrected chi connectivity index (χ3v) is 0.627. The maximum atomic E-state index is 11.2. The van der Waals surface area contributed by atoms with E-state index in [1.54, 1.807) is 0 Å². The smallest absolute Gasteiger partial charge is 0.374 e. The number of halogens is 11. The van der Waals surface area contributed by atoms with Crippen molar-refractivity contribution in [2.24, 2.45) is 0 Å². The molecular formula is C6HF11O. The summed E-state index contributed by atoms with van der Waals surface area (Å²) in [6.07, 6.45) is -17.2. The van der Waals surface area contributed by atoms with E-state index in [-0.39, 0.29) is 0 Å². The fraction of sp³-hybridized carbons (Fsp3) is 0.333. The van der Waals surface area contributed by atoms with Crippen molar-refractivity contribution in [3.05, 3.63) is 24.3 Å². The molecule has 0 aromatic heterocycles. The van der Waals surface area contributed by atoms with E-state index in [1.165, 1.54) is 0 Å². The fourth-order valence-corrected chi connectivity index (χ4v) is 0.264. The Morgan fingerprint density at radius 2 is 1.17 bits per heavy atom. The Morgan fingerprint density at radius 1 is 0.778 bits per heavy atom. The first-order chi connectivity index (χ1) is 7.74. The molecule has 0 aliphatic heterocycles. The summed E-state index contributed by atoms with van der Waals surface area (Å²) in [6.45, 7) is 0. The van der Waals surface area contributed by atoms with Gasteiger partial charge in [-0.1, -0.05) is 0 Å². The van der Waals surface area contributed by atoms with Crippen molar-refractivity contribution in [1.82, 2.24) is 0 Å². The van der Waals surface area contributed by atoms with Gasteiger partial charge in [-0.25, -0.2) is 0 Å². The van der Waals surface area contributed by atoms with Gasteiger partial charge in [0.2, 0.25) is 0 Å². The summed E-state index contributed by atoms with van der Waals surface area (Å²) >= 11 is 0. The van der Waals surface area contributed by atoms with Crippen LogP contribution in [0, 0.1) is 0 Å². The lowest BCUT2D eigenvalue weighted by Crippen LogP contribution is -2.11. The lowest BCUT2D eigenvalue weighted by atomic mass is 10.6. The Balaban J connectivity index is 0. The van der Waals surface area contributed by atoms with E-state index in [4.69, 9.17) is 0 Å². The lowest BCUT2D eigenvalue weighted by Gasteiger charge is -2.03. The zero-order valence-corrected chi connectivity index (χ0v) is 7.64. The van der Waals surface area contributed by atoms with Crippen LogP contribution in [0.15, 0.2) is 24.3 Å². The number of alkyl halides is 6. The van der Waals surface area contributed by atoms with Crippen LogP contribution in [0.4, 0.5) is 48.3 Å². The summed E-state index contributed by atoms with van der Waals surface area (Å²) in [6, 6.07) is -2.92. The van der Waals surface area contributed by atoms with Crippen molar-refractivity contribution in [2.45, 2.75) is 12.5 Å². The Kier molecular flexibility index (Phi) is 7.40. The summed E-state index contributed by atoms with van der Waals surface area (Å²) in [5, 5.41) is 0. The van der Waals surface area contributed by atoms with Gasteiger partial charge in [0.1, 0.15) is 0 Å². The summed E-state index contributed by atoms with van der Waals surface area (Å²) in [5.74, 6) is 0. The molecule has 0 bridgehead atoms. The van der Waals surface area contributed by atoms with Gasteiger partial charge < -0.3 is 4.74 Å². The highest BCUT2D eigenvalue weighted by molar-refractivity contribution is 4.87. The minimum atomic E-state index is -5.41. The minimum absolute atomic E-state index is 1.06. The second-order valence-electron chi connectivity index (χ2n) is 2.06. The molecule has 18 heavy (non-hydrogen) atoms. The molecule has 0 rings (SSSR count). The highest BCUT2D eigenvalue weighted by Gasteiger charge is 2.34. The van der Waals surface area contributed by atoms with Crippen LogP contribution in [-0.2, 0) is 4.74 Å². The molecule has 0 aliphatic rings. The first-order valence-electron chi connectivity index (χ1n) is 3.31. The van der Waals surface area contributed by atoms with Crippen LogP contribution in [-0.4, -0.2) is 12.5 Å². The number of rotatable bonds is 1. The molecule has 0 atom stereocenters. The Morgan fingerprint density at radius 3 is 1.22 bits per heavy atom. The zero-order chi connectivity index (χ0) is 15.1. The monoisotopic (exact) mass is 298 g/mol. The Bertz CT molecular complexity index is 300. The van der Waals surface area contributed by atoms with Gasteiger partial charge in [-0.05, 0) is 0 Å². The molecule has 0 aliphatic carbocycles. The second-order valence-corrected chi connectivity index (χ2v) is 2.06. The molecular weight excluding hydrogens is 297 g/mol. The molecule has 0 N–H and O–H groups in total. The minimum Gasteiger partial charge on any atom is -0.374 e. The summed E-state index contributed by atoms with van der Waals surface area (Å²) < 4.78 is 121. The average molecular weight is 298 g/mol. The van der Waals surface area contributed by atoms with Gasteiger partial charge in [-0.15, -0.1) is 13.2 Å². The highest BCUT2D eigenvalue weighted by atomic mass is 19.4. The van der Waals surface area contributed by atoms with Crippen LogP contribution in [0.2, 0.25) is 0 Å². The van der Waals surface area contributed by atoms with Crippen LogP contribution in [0.5, 0.6) is 0 Å². The van der Waals surface area contributed by atoms with Crippen LogP contribution in [0.25, 0.3) is 0 Å². The van der Waals surface area contributed by atoms with Gasteiger partial charge >= 0.3 is 24.6 Å². The molecule has 0 amide bonds. The maximum Gasteiger partial charge on any atom is 0.574 e. The standard InChI is InChI=1S/C3F6O.C3HF5/c4-1(5)2(6)10-3(7,8)9;4-2(5)1-3(6,7)8/h;1H. The van der Waals surface area contributed by atoms with Crippen molar-refractivity contribution in [3.63, 3.8) is 0 Å². The predicted octanol–water partition coefficient (Wildman–Crippen LogP) is 4.89. The number of hydrogen-bond donors (Lipinski definition) is 0. The molecule has 0 saturated carbocycles. The van der Waals surface area contributed by atoms with Gasteiger partial charge in [-0.3, -0.25) is 0 Å². The molecule has 0 aromatic rings. The first-order valence-corrected chi connectivity index (χ1v) is 3.31. The van der Waals surface area contributed by atoms with Crippen molar-refractivity contribution in [1.29, 1.82) is 0 Å². The predicted molar refractivity (Wildman–Crippen MR) is 33.8 cm³/mol. The molecule has 0 unspecified atom stereocenters. The number of allylic oxidation sites excluding steroid dienone is 1. The van der Waals surface area contributed by atoms with Crippen molar-refractivity contribution >= 4 is 0 Å². The van der Waals surface area contributed by atoms with Crippen LogP contribution in [0.3, 0.4) is 0 Å². The average Bonchev–Trinajstić information content (AvgIpc) is 1.95. The summed E-state index contributed by atoms with van der Waals surface area (Å²) in [4.78, 5) is 0. The van der Waals surface area contributed by atoms with Gasteiger partial charge in [0, 0.05) is 0 Å². The van der Waals surface area contributed by atoms with E-state index in [0.717, 1.165) is 0 Å². The second kappa shape index (κ2) is 7.06. The summed E-state index contributed by atoms with van der Waals surface area (Å²) in [7, 11) is 0. The Labute approximate surface area is 91.1 Å². The van der Waals surface area contributed by atoms with Gasteiger partial charge in [0.15, 0.2) is 0 Å². The maximum absolute atomic E-state index is 11.2. The molecule has 0 aromatic carbocycles. The van der Waals surface area contributed by atoms with Crippen LogP contribution >= 0.6 is 0 Å². The molecule has 0 radical (unpaired) electrons. The molecule has 108 valence electrons. The molecule has 0 heterocycles. The SMILES string of the molecule is FC(F)=C(F)OC(F)(F)F.FC(F)=CC(F)(F)F. The third-order valence-electron chi connectivity index (χ3n) is 0.627. The lowest BCUT2D eigenvalue weighted by molar-refractivity contribution is -0.315. The Hall–Kier alpha value is -1.49. The largest absolute Gasteiger partial charge is 0.574 e. The van der Waals surface area contributed by atoms with Crippen molar-refractivity contribution < 1.29 is 53.0 Å². The van der Waals surface area contributed by atoms with E-state index in [1.807, 2.05) is 0 Å². The fourth-order valence-electron chi connectivity index (χ4n) is 0.264. The topological polar surface area (TPSA) is 9.23 Å². The normalized spacial score (nSPS) is 11.1. The molecule has 0 fully saturated rings. The molecule has 12 heteroatoms. The highest BCUT2D eigenvalue weighted by Crippen LogP contribution is 2.23. The quantitative estimate of drug-likeness (QED) is 0.495. The number of hydrogen-bond acceptors (Lipinski definition) is 1. The van der Waals surface area contributed by atoms with E-state index < -0.39 is 36.8 Å². The van der Waals surface area contributed by atoms with E-state index in [2.05, 4.69) is 4.74 Å². The first kappa shape index (κ1) is 18.9. The molecule has 1 nitrogen and oxygen atoms in total. The van der Waals surface area contributed by atoms with Gasteiger partial charge in [0.05, 0.1) is 6.08 Å².